The number of hydrogen-bond donors (Lipinski definition) is 2. The van der Waals surface area contributed by atoms with Crippen LogP contribution in [0.5, 0.6) is 5.75 Å². The van der Waals surface area contributed by atoms with Crippen molar-refractivity contribution in [3.05, 3.63) is 66.2 Å². The quantitative estimate of drug-likeness (QED) is 0.348. The lowest BCUT2D eigenvalue weighted by Gasteiger charge is -2.22. The SMILES string of the molecule is COCC(C)(O)CNc1ncc(-c2ccc3nc(C)n(Cc4ccccc4OC(F)F)c3c2)cn1. The highest BCUT2D eigenvalue weighted by Gasteiger charge is 2.20. The summed E-state index contributed by atoms with van der Waals surface area (Å²) < 4.78 is 37.3. The van der Waals surface area contributed by atoms with Gasteiger partial charge in [-0.25, -0.2) is 15.0 Å². The van der Waals surface area contributed by atoms with Crippen molar-refractivity contribution in [2.24, 2.45) is 0 Å². The number of imidazole rings is 1. The van der Waals surface area contributed by atoms with Gasteiger partial charge < -0.3 is 24.5 Å². The molecule has 4 aromatic rings. The van der Waals surface area contributed by atoms with Crippen molar-refractivity contribution < 1.29 is 23.4 Å². The van der Waals surface area contributed by atoms with Crippen LogP contribution >= 0.6 is 0 Å². The first-order valence-electron chi connectivity index (χ1n) is 11.0. The number of nitrogens with zero attached hydrogens (tertiary/aromatic N) is 4. The van der Waals surface area contributed by atoms with Crippen LogP contribution in [0.1, 0.15) is 18.3 Å². The predicted octanol–water partition coefficient (Wildman–Crippen LogP) is 4.26. The summed E-state index contributed by atoms with van der Waals surface area (Å²) in [7, 11) is 1.53. The van der Waals surface area contributed by atoms with Gasteiger partial charge in [0.25, 0.3) is 0 Å². The Morgan fingerprint density at radius 3 is 2.57 bits per heavy atom. The van der Waals surface area contributed by atoms with E-state index in [1.807, 2.05) is 29.7 Å². The lowest BCUT2D eigenvalue weighted by atomic mass is 10.1. The second-order valence-corrected chi connectivity index (χ2v) is 8.51. The number of hydrogen-bond acceptors (Lipinski definition) is 7. The molecule has 2 N–H and O–H groups in total. The zero-order valence-electron chi connectivity index (χ0n) is 19.7. The normalized spacial score (nSPS) is 13.2. The van der Waals surface area contributed by atoms with Gasteiger partial charge >= 0.3 is 6.61 Å². The first-order valence-corrected chi connectivity index (χ1v) is 11.0. The lowest BCUT2D eigenvalue weighted by molar-refractivity contribution is -0.0504. The van der Waals surface area contributed by atoms with Crippen LogP contribution < -0.4 is 10.1 Å². The molecular weight excluding hydrogens is 456 g/mol. The highest BCUT2D eigenvalue weighted by molar-refractivity contribution is 5.82. The molecule has 0 bridgehead atoms. The summed E-state index contributed by atoms with van der Waals surface area (Å²) in [5, 5.41) is 13.2. The molecule has 0 amide bonds. The summed E-state index contributed by atoms with van der Waals surface area (Å²) in [4.78, 5) is 13.3. The van der Waals surface area contributed by atoms with E-state index in [9.17, 15) is 13.9 Å². The van der Waals surface area contributed by atoms with Crippen molar-refractivity contribution >= 4 is 17.0 Å². The average molecular weight is 484 g/mol. The van der Waals surface area contributed by atoms with Crippen LogP contribution in [-0.2, 0) is 11.3 Å². The van der Waals surface area contributed by atoms with E-state index >= 15 is 0 Å². The molecule has 0 aliphatic carbocycles. The molecule has 8 nitrogen and oxygen atoms in total. The number of methoxy groups -OCH3 is 1. The standard InChI is InChI=1S/C25H27F2N5O3/c1-16-31-20-9-8-17(19-11-28-24(29-12-19)30-14-25(2,33)15-34-3)10-21(20)32(16)13-18-6-4-5-7-22(18)35-23(26)27/h4-12,23,33H,13-15H2,1-3H3,(H,28,29,30). The van der Waals surface area contributed by atoms with Crippen LogP contribution in [0.4, 0.5) is 14.7 Å². The molecule has 0 saturated carbocycles. The molecule has 0 spiro atoms. The fraction of sp³-hybridized carbons (Fsp3) is 0.320. The fourth-order valence-electron chi connectivity index (χ4n) is 3.84. The third-order valence-electron chi connectivity index (χ3n) is 5.52. The zero-order chi connectivity index (χ0) is 25.0. The van der Waals surface area contributed by atoms with E-state index in [4.69, 9.17) is 9.47 Å². The van der Waals surface area contributed by atoms with E-state index in [2.05, 4.69) is 20.3 Å². The number of aromatic nitrogens is 4. The smallest absolute Gasteiger partial charge is 0.387 e. The fourth-order valence-corrected chi connectivity index (χ4v) is 3.84. The van der Waals surface area contributed by atoms with Crippen molar-refractivity contribution in [2.75, 3.05) is 25.6 Å². The number of aryl methyl sites for hydroxylation is 1. The van der Waals surface area contributed by atoms with Crippen LogP contribution in [0.2, 0.25) is 0 Å². The molecular formula is C25H27F2N5O3. The number of anilines is 1. The van der Waals surface area contributed by atoms with Crippen molar-refractivity contribution in [1.29, 1.82) is 0 Å². The summed E-state index contributed by atoms with van der Waals surface area (Å²) in [6.45, 7) is 1.39. The van der Waals surface area contributed by atoms with Gasteiger partial charge in [-0.1, -0.05) is 24.3 Å². The minimum Gasteiger partial charge on any atom is -0.434 e. The van der Waals surface area contributed by atoms with E-state index in [0.29, 0.717) is 18.1 Å². The molecule has 0 aliphatic heterocycles. The number of rotatable bonds is 10. The van der Waals surface area contributed by atoms with Crippen LogP contribution in [0.15, 0.2) is 54.9 Å². The lowest BCUT2D eigenvalue weighted by Crippen LogP contribution is -2.38. The molecule has 184 valence electrons. The number of para-hydroxylation sites is 1. The van der Waals surface area contributed by atoms with Crippen molar-refractivity contribution in [3.63, 3.8) is 0 Å². The zero-order valence-corrected chi connectivity index (χ0v) is 19.7. The van der Waals surface area contributed by atoms with Gasteiger partial charge in [0, 0.05) is 37.2 Å². The van der Waals surface area contributed by atoms with Gasteiger partial charge in [0.05, 0.1) is 24.2 Å². The summed E-state index contributed by atoms with van der Waals surface area (Å²) in [5.41, 5.74) is 2.91. The Balaban J connectivity index is 1.58. The largest absolute Gasteiger partial charge is 0.434 e. The molecule has 1 unspecified atom stereocenters. The number of benzene rings is 2. The maximum atomic E-state index is 12.8. The van der Waals surface area contributed by atoms with Gasteiger partial charge in [-0.05, 0) is 37.6 Å². The van der Waals surface area contributed by atoms with Gasteiger partial charge in [-0.3, -0.25) is 0 Å². The maximum Gasteiger partial charge on any atom is 0.387 e. The molecule has 2 heterocycles. The average Bonchev–Trinajstić information content (AvgIpc) is 3.13. The third kappa shape index (κ3) is 5.90. The number of alkyl halides is 2. The highest BCUT2D eigenvalue weighted by atomic mass is 19.3. The van der Waals surface area contributed by atoms with E-state index in [1.54, 1.807) is 37.5 Å². The van der Waals surface area contributed by atoms with Gasteiger partial charge in [-0.2, -0.15) is 8.78 Å². The Bertz CT molecular complexity index is 1290. The second-order valence-electron chi connectivity index (χ2n) is 8.51. The van der Waals surface area contributed by atoms with Crippen LogP contribution in [0.3, 0.4) is 0 Å². The number of ether oxygens (including phenoxy) is 2. The van der Waals surface area contributed by atoms with Gasteiger partial charge in [0.15, 0.2) is 0 Å². The van der Waals surface area contributed by atoms with E-state index < -0.39 is 12.2 Å². The minimum absolute atomic E-state index is 0.140. The summed E-state index contributed by atoms with van der Waals surface area (Å²) in [5.74, 6) is 1.28. The first kappa shape index (κ1) is 24.5. The third-order valence-corrected chi connectivity index (χ3v) is 5.52. The van der Waals surface area contributed by atoms with Crippen molar-refractivity contribution in [1.82, 2.24) is 19.5 Å². The molecule has 10 heteroatoms. The second kappa shape index (κ2) is 10.3. The Morgan fingerprint density at radius 1 is 1.11 bits per heavy atom. The molecule has 0 radical (unpaired) electrons. The number of fused-ring (bicyclic) bond motifs is 1. The van der Waals surface area contributed by atoms with E-state index in [1.165, 1.54) is 13.2 Å². The first-order chi connectivity index (χ1) is 16.8. The molecule has 1 atom stereocenters. The van der Waals surface area contributed by atoms with Gasteiger partial charge in [0.2, 0.25) is 5.95 Å². The van der Waals surface area contributed by atoms with Crippen LogP contribution in [0, 0.1) is 6.92 Å². The maximum absolute atomic E-state index is 12.8. The van der Waals surface area contributed by atoms with Crippen LogP contribution in [-0.4, -0.2) is 57.1 Å². The Morgan fingerprint density at radius 2 is 1.86 bits per heavy atom. The molecule has 35 heavy (non-hydrogen) atoms. The predicted molar refractivity (Wildman–Crippen MR) is 129 cm³/mol. The Hall–Kier alpha value is -3.63. The minimum atomic E-state index is -2.90. The van der Waals surface area contributed by atoms with E-state index in [0.717, 1.165) is 28.0 Å². The molecule has 4 rings (SSSR count). The van der Waals surface area contributed by atoms with Gasteiger partial charge in [0.1, 0.15) is 17.2 Å². The summed E-state index contributed by atoms with van der Waals surface area (Å²) in [6, 6.07) is 12.6. The van der Waals surface area contributed by atoms with Crippen molar-refractivity contribution in [2.45, 2.75) is 32.6 Å². The number of aliphatic hydroxyl groups is 1. The Labute approximate surface area is 201 Å². The number of nitrogens with one attached hydrogen (secondary N) is 1. The monoisotopic (exact) mass is 483 g/mol. The molecule has 0 saturated heterocycles. The molecule has 2 aromatic heterocycles. The van der Waals surface area contributed by atoms with Gasteiger partial charge in [-0.15, -0.1) is 0 Å². The van der Waals surface area contributed by atoms with E-state index in [-0.39, 0.29) is 18.9 Å². The van der Waals surface area contributed by atoms with Crippen LogP contribution in [0.25, 0.3) is 22.2 Å². The Kier molecular flexibility index (Phi) is 7.23. The molecule has 2 aromatic carbocycles. The summed E-state index contributed by atoms with van der Waals surface area (Å²) >= 11 is 0. The number of halogens is 2. The van der Waals surface area contributed by atoms with Crippen molar-refractivity contribution in [3.8, 4) is 16.9 Å². The molecule has 0 aliphatic rings. The molecule has 0 fully saturated rings. The highest BCUT2D eigenvalue weighted by Crippen LogP contribution is 2.28. The topological polar surface area (TPSA) is 94.3 Å². The summed E-state index contributed by atoms with van der Waals surface area (Å²) in [6.07, 6.45) is 3.39.